The molecule has 0 aromatic carbocycles. The van der Waals surface area contributed by atoms with Gasteiger partial charge in [-0.15, -0.1) is 0 Å². The largest absolute Gasteiger partial charge is 0.469 e. The third-order valence-corrected chi connectivity index (χ3v) is 11.2. The van der Waals surface area contributed by atoms with Gasteiger partial charge in [-0.05, 0) is 87.4 Å². The van der Waals surface area contributed by atoms with Gasteiger partial charge in [-0.1, -0.05) is 20.8 Å². The predicted molar refractivity (Wildman–Crippen MR) is 126 cm³/mol. The number of ketones is 1. The molecule has 5 fully saturated rings. The topological polar surface area (TPSA) is 82.2 Å². The third-order valence-electron chi connectivity index (χ3n) is 11.2. The van der Waals surface area contributed by atoms with Gasteiger partial charge in [0, 0.05) is 24.2 Å². The van der Waals surface area contributed by atoms with Crippen molar-refractivity contribution >= 4 is 17.7 Å². The smallest absolute Gasteiger partial charge is 0.305 e. The molecule has 5 aliphatic rings. The minimum atomic E-state index is -0.321. The Hall–Kier alpha value is -1.43. The van der Waals surface area contributed by atoms with Crippen LogP contribution in [0, 0.1) is 40.4 Å². The molecule has 0 aromatic rings. The van der Waals surface area contributed by atoms with Crippen molar-refractivity contribution < 1.29 is 28.6 Å². The molecule has 0 amide bonds. The normalized spacial score (nSPS) is 47.5. The average Bonchev–Trinajstić information content (AvgIpc) is 3.44. The minimum Gasteiger partial charge on any atom is -0.469 e. The molecule has 0 N–H and O–H groups in total. The number of hydrogen-bond donors (Lipinski definition) is 0. The van der Waals surface area contributed by atoms with Gasteiger partial charge in [0.25, 0.3) is 0 Å². The first-order valence-electron chi connectivity index (χ1n) is 13.6. The highest BCUT2D eigenvalue weighted by molar-refractivity contribution is 5.94. The summed E-state index contributed by atoms with van der Waals surface area (Å²) in [4.78, 5) is 37.2. The van der Waals surface area contributed by atoms with Gasteiger partial charge in [0.15, 0.2) is 5.78 Å². The molecule has 6 nitrogen and oxygen atoms in total. The Morgan fingerprint density at radius 3 is 2.56 bits per heavy atom. The van der Waals surface area contributed by atoms with Crippen molar-refractivity contribution in [2.45, 2.75) is 110 Å². The molecule has 190 valence electrons. The van der Waals surface area contributed by atoms with E-state index in [0.29, 0.717) is 41.8 Å². The Bertz CT molecular complexity index is 869. The summed E-state index contributed by atoms with van der Waals surface area (Å²) in [5, 5.41) is 0. The number of fused-ring (bicyclic) bond motifs is 3. The highest BCUT2D eigenvalue weighted by Gasteiger charge is 2.83. The van der Waals surface area contributed by atoms with Gasteiger partial charge in [0.2, 0.25) is 0 Å². The van der Waals surface area contributed by atoms with Crippen molar-refractivity contribution in [1.29, 1.82) is 0 Å². The first-order chi connectivity index (χ1) is 16.1. The number of rotatable bonds is 6. The van der Waals surface area contributed by atoms with Gasteiger partial charge < -0.3 is 14.2 Å². The maximum atomic E-state index is 14.1. The lowest BCUT2D eigenvalue weighted by atomic mass is 9.43. The van der Waals surface area contributed by atoms with E-state index in [-0.39, 0.29) is 40.6 Å². The summed E-state index contributed by atoms with van der Waals surface area (Å²) in [6.45, 7) is 8.38. The van der Waals surface area contributed by atoms with Crippen LogP contribution in [0.4, 0.5) is 0 Å². The van der Waals surface area contributed by atoms with Crippen LogP contribution >= 0.6 is 0 Å². The summed E-state index contributed by atoms with van der Waals surface area (Å²) in [7, 11) is 1.44. The first kappa shape index (κ1) is 24.3. The van der Waals surface area contributed by atoms with Crippen LogP contribution in [-0.4, -0.2) is 42.6 Å². The molecule has 1 heterocycles. The van der Waals surface area contributed by atoms with E-state index in [1.54, 1.807) is 0 Å². The number of carbonyl (C=O) groups excluding carboxylic acids is 3. The van der Waals surface area contributed by atoms with Crippen LogP contribution in [0.2, 0.25) is 0 Å². The number of esters is 2. The van der Waals surface area contributed by atoms with E-state index in [4.69, 9.17) is 14.2 Å². The molecule has 1 aliphatic heterocycles. The van der Waals surface area contributed by atoms with Crippen molar-refractivity contribution in [2.24, 2.45) is 40.4 Å². The SMILES string of the molecule is COC(=O)CCC[C@@H](C)C1CCC2C3CC[C@@H]4C[C@H](OC(C)=O)CC[C@]4(C)[C@]34O[C@@H]4C(=O)[C@@]21C. The zero-order valence-corrected chi connectivity index (χ0v) is 21.6. The Morgan fingerprint density at radius 1 is 1.12 bits per heavy atom. The van der Waals surface area contributed by atoms with E-state index in [2.05, 4.69) is 20.8 Å². The van der Waals surface area contributed by atoms with E-state index >= 15 is 0 Å². The van der Waals surface area contributed by atoms with Crippen LogP contribution in [0.25, 0.3) is 0 Å². The Labute approximate surface area is 203 Å². The molecule has 3 unspecified atom stereocenters. The second-order valence-electron chi connectivity index (χ2n) is 12.5. The van der Waals surface area contributed by atoms with E-state index in [1.165, 1.54) is 14.0 Å². The van der Waals surface area contributed by atoms with Crippen LogP contribution in [0.5, 0.6) is 0 Å². The molecule has 6 heteroatoms. The monoisotopic (exact) mass is 474 g/mol. The molecular formula is C28H42O6. The quantitative estimate of drug-likeness (QED) is 0.404. The van der Waals surface area contributed by atoms with Crippen LogP contribution in [0.15, 0.2) is 0 Å². The van der Waals surface area contributed by atoms with E-state index in [9.17, 15) is 14.4 Å². The zero-order valence-electron chi connectivity index (χ0n) is 21.6. The van der Waals surface area contributed by atoms with Crippen LogP contribution < -0.4 is 0 Å². The Balaban J connectivity index is 1.35. The second kappa shape index (κ2) is 8.31. The van der Waals surface area contributed by atoms with E-state index in [0.717, 1.165) is 57.8 Å². The highest BCUT2D eigenvalue weighted by atomic mass is 16.6. The van der Waals surface area contributed by atoms with Gasteiger partial charge >= 0.3 is 11.9 Å². The van der Waals surface area contributed by atoms with Gasteiger partial charge in [-0.2, -0.15) is 0 Å². The number of methoxy groups -OCH3 is 1. The van der Waals surface area contributed by atoms with Crippen LogP contribution in [0.1, 0.15) is 91.9 Å². The lowest BCUT2D eigenvalue weighted by Crippen LogP contribution is -2.63. The summed E-state index contributed by atoms with van der Waals surface area (Å²) < 4.78 is 17.0. The van der Waals surface area contributed by atoms with Gasteiger partial charge in [-0.25, -0.2) is 0 Å². The number of Topliss-reactive ketones (excluding diaryl/α,β-unsaturated/α-hetero) is 1. The zero-order chi connectivity index (χ0) is 24.5. The summed E-state index contributed by atoms with van der Waals surface area (Å²) in [6.07, 6.45) is 9.14. The molecular weight excluding hydrogens is 432 g/mol. The number of epoxide rings is 1. The standard InChI is InChI=1S/C28H42O6/c1-16(7-6-8-23(30)32-5)20-11-12-21-22-10-9-18-15-19(33-17(2)29)13-14-26(18,3)28(22)25(34-28)24(31)27(20,21)4/h16,18-22,25H,6-15H2,1-5H3/t16-,18-,19-,20?,21?,22?,25-,26+,27-,28+/m1/s1. The van der Waals surface area contributed by atoms with Crippen molar-refractivity contribution in [2.75, 3.05) is 7.11 Å². The first-order valence-corrected chi connectivity index (χ1v) is 13.6. The lowest BCUT2D eigenvalue weighted by Gasteiger charge is -2.58. The highest BCUT2D eigenvalue weighted by Crippen LogP contribution is 2.75. The van der Waals surface area contributed by atoms with Gasteiger partial charge in [0.1, 0.15) is 17.8 Å². The van der Waals surface area contributed by atoms with Crippen LogP contribution in [0.3, 0.4) is 0 Å². The van der Waals surface area contributed by atoms with Crippen molar-refractivity contribution in [3.8, 4) is 0 Å². The van der Waals surface area contributed by atoms with Crippen molar-refractivity contribution in [1.82, 2.24) is 0 Å². The predicted octanol–water partition coefficient (Wildman–Crippen LogP) is 4.87. The molecule has 1 spiro atoms. The Kier molecular flexibility index (Phi) is 5.94. The van der Waals surface area contributed by atoms with Gasteiger partial charge in [-0.3, -0.25) is 14.4 Å². The maximum absolute atomic E-state index is 14.1. The fourth-order valence-electron chi connectivity index (χ4n) is 9.54. The second-order valence-corrected chi connectivity index (χ2v) is 12.5. The maximum Gasteiger partial charge on any atom is 0.305 e. The Morgan fingerprint density at radius 2 is 1.85 bits per heavy atom. The third kappa shape index (κ3) is 3.26. The molecule has 5 rings (SSSR count). The molecule has 0 bridgehead atoms. The molecule has 34 heavy (non-hydrogen) atoms. The summed E-state index contributed by atoms with van der Waals surface area (Å²) >= 11 is 0. The summed E-state index contributed by atoms with van der Waals surface area (Å²) in [5.74, 6) is 2.03. The van der Waals surface area contributed by atoms with Crippen molar-refractivity contribution in [3.63, 3.8) is 0 Å². The minimum absolute atomic E-state index is 0.00647. The van der Waals surface area contributed by atoms with E-state index in [1.807, 2.05) is 0 Å². The molecule has 0 aromatic heterocycles. The fourth-order valence-corrected chi connectivity index (χ4v) is 9.54. The number of carbonyl (C=O) groups is 3. The average molecular weight is 475 g/mol. The lowest BCUT2D eigenvalue weighted by molar-refractivity contribution is -0.161. The number of ether oxygens (including phenoxy) is 3. The number of hydrogen-bond acceptors (Lipinski definition) is 6. The fraction of sp³-hybridized carbons (Fsp3) is 0.893. The van der Waals surface area contributed by atoms with Crippen molar-refractivity contribution in [3.05, 3.63) is 0 Å². The van der Waals surface area contributed by atoms with Gasteiger partial charge in [0.05, 0.1) is 7.11 Å². The molecule has 10 atom stereocenters. The molecule has 4 saturated carbocycles. The molecule has 4 aliphatic carbocycles. The molecule has 1 saturated heterocycles. The summed E-state index contributed by atoms with van der Waals surface area (Å²) in [5.41, 5.74) is -0.641. The van der Waals surface area contributed by atoms with Crippen LogP contribution in [-0.2, 0) is 28.6 Å². The molecule has 0 radical (unpaired) electrons. The summed E-state index contributed by atoms with van der Waals surface area (Å²) in [6, 6.07) is 0. The van der Waals surface area contributed by atoms with E-state index < -0.39 is 0 Å².